The molecule has 0 aromatic carbocycles. The number of carbonyl (C=O) groups excluding carboxylic acids is 1. The van der Waals surface area contributed by atoms with Crippen molar-refractivity contribution < 1.29 is 9.18 Å². The van der Waals surface area contributed by atoms with E-state index < -0.39 is 6.17 Å². The Kier molecular flexibility index (Phi) is 4.45. The minimum atomic E-state index is -0.894. The Balaban J connectivity index is 1.26. The number of piperidine rings is 1. The minimum absolute atomic E-state index is 0.0777. The van der Waals surface area contributed by atoms with Gasteiger partial charge in [-0.15, -0.1) is 0 Å². The van der Waals surface area contributed by atoms with Gasteiger partial charge in [-0.2, -0.15) is 4.37 Å². The van der Waals surface area contributed by atoms with Crippen LogP contribution in [0.3, 0.4) is 0 Å². The van der Waals surface area contributed by atoms with Crippen molar-refractivity contribution in [3.8, 4) is 0 Å². The molecule has 1 amide bonds. The average molecular weight is 352 g/mol. The Morgan fingerprint density at radius 1 is 1.33 bits per heavy atom. The van der Waals surface area contributed by atoms with E-state index in [9.17, 15) is 9.18 Å². The Hall–Kier alpha value is -1.24. The molecule has 7 heteroatoms. The van der Waals surface area contributed by atoms with E-state index in [-0.39, 0.29) is 11.8 Å². The van der Waals surface area contributed by atoms with E-state index >= 15 is 0 Å². The maximum atomic E-state index is 12.9. The number of anilines is 1. The van der Waals surface area contributed by atoms with Crippen LogP contribution in [0, 0.1) is 30.6 Å². The predicted octanol–water partition coefficient (Wildman–Crippen LogP) is 2.56. The third kappa shape index (κ3) is 3.41. The molecular formula is C17H25FN4OS. The zero-order valence-electron chi connectivity index (χ0n) is 14.1. The summed E-state index contributed by atoms with van der Waals surface area (Å²) in [6.07, 6.45) is 4.29. The molecule has 5 unspecified atom stereocenters. The summed E-state index contributed by atoms with van der Waals surface area (Å²) in [6.45, 7) is 4.81. The van der Waals surface area contributed by atoms with Crippen LogP contribution in [0.1, 0.15) is 37.9 Å². The van der Waals surface area contributed by atoms with Crippen molar-refractivity contribution in [2.45, 2.75) is 45.2 Å². The maximum Gasteiger partial charge on any atom is 0.226 e. The van der Waals surface area contributed by atoms with Gasteiger partial charge in [-0.1, -0.05) is 0 Å². The SMILES string of the molecule is Cc1nsc(N2CCC3CC(CNC(=O)C4CC4F)CCC3C2)n1. The zero-order valence-corrected chi connectivity index (χ0v) is 14.9. The lowest BCUT2D eigenvalue weighted by Crippen LogP contribution is -2.44. The lowest BCUT2D eigenvalue weighted by Gasteiger charge is -2.43. The van der Waals surface area contributed by atoms with Crippen molar-refractivity contribution in [3.05, 3.63) is 5.82 Å². The molecule has 5 nitrogen and oxygen atoms in total. The van der Waals surface area contributed by atoms with Gasteiger partial charge < -0.3 is 10.2 Å². The van der Waals surface area contributed by atoms with Crippen molar-refractivity contribution in [2.75, 3.05) is 24.5 Å². The van der Waals surface area contributed by atoms with Crippen LogP contribution in [0.25, 0.3) is 0 Å². The lowest BCUT2D eigenvalue weighted by molar-refractivity contribution is -0.123. The molecular weight excluding hydrogens is 327 g/mol. The van der Waals surface area contributed by atoms with E-state index in [0.29, 0.717) is 12.3 Å². The Morgan fingerprint density at radius 3 is 2.88 bits per heavy atom. The number of fused-ring (bicyclic) bond motifs is 1. The van der Waals surface area contributed by atoms with Crippen LogP contribution >= 0.6 is 11.5 Å². The summed E-state index contributed by atoms with van der Waals surface area (Å²) < 4.78 is 17.2. The second kappa shape index (κ2) is 6.58. The fraction of sp³-hybridized carbons (Fsp3) is 0.824. The molecule has 2 saturated carbocycles. The largest absolute Gasteiger partial charge is 0.355 e. The highest BCUT2D eigenvalue weighted by Crippen LogP contribution is 2.40. The van der Waals surface area contributed by atoms with E-state index in [1.165, 1.54) is 30.8 Å². The minimum Gasteiger partial charge on any atom is -0.355 e. The maximum absolute atomic E-state index is 12.9. The second-order valence-electron chi connectivity index (χ2n) is 7.66. The number of aryl methyl sites for hydroxylation is 1. The summed E-state index contributed by atoms with van der Waals surface area (Å²) >= 11 is 1.50. The Morgan fingerprint density at radius 2 is 2.17 bits per heavy atom. The molecule has 2 aliphatic carbocycles. The van der Waals surface area contributed by atoms with Gasteiger partial charge in [0.1, 0.15) is 12.0 Å². The average Bonchev–Trinajstić information content (AvgIpc) is 3.16. The van der Waals surface area contributed by atoms with Gasteiger partial charge in [0.2, 0.25) is 11.0 Å². The molecule has 5 atom stereocenters. The van der Waals surface area contributed by atoms with Gasteiger partial charge in [-0.05, 0) is 56.8 Å². The van der Waals surface area contributed by atoms with Crippen molar-refractivity contribution in [1.82, 2.24) is 14.7 Å². The third-order valence-corrected chi connectivity index (χ3v) is 6.74. The number of amides is 1. The summed E-state index contributed by atoms with van der Waals surface area (Å²) in [7, 11) is 0. The van der Waals surface area contributed by atoms with Gasteiger partial charge in [-0.25, -0.2) is 9.37 Å². The number of rotatable bonds is 4. The molecule has 1 N–H and O–H groups in total. The zero-order chi connectivity index (χ0) is 16.7. The number of carbonyl (C=O) groups is 1. The Bertz CT molecular complexity index is 609. The molecule has 132 valence electrons. The number of alkyl halides is 1. The number of nitrogens with zero attached hydrogens (tertiary/aromatic N) is 3. The second-order valence-corrected chi connectivity index (χ2v) is 8.39. The summed E-state index contributed by atoms with van der Waals surface area (Å²) in [5.41, 5.74) is 0. The normalized spacial score (nSPS) is 35.4. The van der Waals surface area contributed by atoms with Crippen molar-refractivity contribution >= 4 is 22.6 Å². The van der Waals surface area contributed by atoms with Crippen molar-refractivity contribution in [2.24, 2.45) is 23.7 Å². The predicted molar refractivity (Wildman–Crippen MR) is 91.8 cm³/mol. The first kappa shape index (κ1) is 16.2. The summed E-state index contributed by atoms with van der Waals surface area (Å²) in [6, 6.07) is 0. The van der Waals surface area contributed by atoms with Gasteiger partial charge in [0.15, 0.2) is 0 Å². The van der Waals surface area contributed by atoms with Gasteiger partial charge in [0, 0.05) is 31.2 Å². The topological polar surface area (TPSA) is 58.1 Å². The highest BCUT2D eigenvalue weighted by molar-refractivity contribution is 7.09. The number of nitrogens with one attached hydrogen (secondary N) is 1. The fourth-order valence-electron chi connectivity index (χ4n) is 4.30. The van der Waals surface area contributed by atoms with Gasteiger partial charge in [0.05, 0.1) is 5.92 Å². The van der Waals surface area contributed by atoms with E-state index in [1.807, 2.05) is 6.92 Å². The molecule has 3 aliphatic rings. The molecule has 1 aliphatic heterocycles. The third-order valence-electron chi connectivity index (χ3n) is 5.87. The number of aromatic nitrogens is 2. The van der Waals surface area contributed by atoms with Gasteiger partial charge >= 0.3 is 0 Å². The molecule has 24 heavy (non-hydrogen) atoms. The van der Waals surface area contributed by atoms with Crippen LogP contribution in [0.2, 0.25) is 0 Å². The van der Waals surface area contributed by atoms with Crippen molar-refractivity contribution in [1.29, 1.82) is 0 Å². The van der Waals surface area contributed by atoms with Crippen LogP contribution in [-0.2, 0) is 4.79 Å². The van der Waals surface area contributed by atoms with Crippen LogP contribution < -0.4 is 10.2 Å². The summed E-state index contributed by atoms with van der Waals surface area (Å²) in [4.78, 5) is 18.7. The quantitative estimate of drug-likeness (QED) is 0.905. The smallest absolute Gasteiger partial charge is 0.226 e. The number of halogens is 1. The standard InChI is InChI=1S/C17H25FN4OS/c1-10-20-17(24-21-10)22-5-4-12-6-11(2-3-13(12)9-22)8-19-16(23)14-7-15(14)18/h11-15H,2-9H2,1H3,(H,19,23). The molecule has 2 heterocycles. The molecule has 1 aromatic heterocycles. The van der Waals surface area contributed by atoms with Crippen LogP contribution in [0.4, 0.5) is 9.52 Å². The molecule has 3 fully saturated rings. The first-order valence-electron chi connectivity index (χ1n) is 9.07. The first-order chi connectivity index (χ1) is 11.6. The Labute approximate surface area is 146 Å². The fourth-order valence-corrected chi connectivity index (χ4v) is 5.01. The molecule has 1 aromatic rings. The van der Waals surface area contributed by atoms with E-state index in [4.69, 9.17) is 0 Å². The van der Waals surface area contributed by atoms with Gasteiger partial charge in [0.25, 0.3) is 0 Å². The van der Waals surface area contributed by atoms with E-state index in [2.05, 4.69) is 19.6 Å². The van der Waals surface area contributed by atoms with Crippen molar-refractivity contribution in [3.63, 3.8) is 0 Å². The number of hydrogen-bond acceptors (Lipinski definition) is 5. The molecule has 4 rings (SSSR count). The van der Waals surface area contributed by atoms with Gasteiger partial charge in [-0.3, -0.25) is 4.79 Å². The van der Waals surface area contributed by atoms with Crippen LogP contribution in [-0.4, -0.2) is 41.1 Å². The van der Waals surface area contributed by atoms with E-state index in [0.717, 1.165) is 48.8 Å². The molecule has 0 radical (unpaired) electrons. The van der Waals surface area contributed by atoms with E-state index in [1.54, 1.807) is 0 Å². The van der Waals surface area contributed by atoms with Crippen LogP contribution in [0.5, 0.6) is 0 Å². The van der Waals surface area contributed by atoms with Crippen LogP contribution in [0.15, 0.2) is 0 Å². The highest BCUT2D eigenvalue weighted by atomic mass is 32.1. The summed E-state index contributed by atoms with van der Waals surface area (Å²) in [5.74, 6) is 2.46. The first-order valence-corrected chi connectivity index (χ1v) is 9.84. The molecule has 1 saturated heterocycles. The summed E-state index contributed by atoms with van der Waals surface area (Å²) in [5, 5.41) is 4.03. The highest BCUT2D eigenvalue weighted by Gasteiger charge is 2.44. The number of hydrogen-bond donors (Lipinski definition) is 1. The molecule has 0 bridgehead atoms. The monoisotopic (exact) mass is 352 g/mol. The lowest BCUT2D eigenvalue weighted by atomic mass is 9.71. The molecule has 0 spiro atoms.